The van der Waals surface area contributed by atoms with Gasteiger partial charge in [-0.25, -0.2) is 19.9 Å². The Kier molecular flexibility index (Phi) is 2.19. The minimum absolute atomic E-state index is 0.843. The van der Waals surface area contributed by atoms with Crippen LogP contribution in [0.25, 0.3) is 44.1 Å². The highest BCUT2D eigenvalue weighted by Gasteiger charge is 2.06. The Hall–Kier alpha value is -3.14. The molecule has 0 aliphatic rings. The van der Waals surface area contributed by atoms with Gasteiger partial charge in [-0.3, -0.25) is 0 Å². The first-order chi connectivity index (χ1) is 10.9. The largest absolute Gasteiger partial charge is 0.244 e. The Morgan fingerprint density at radius 1 is 0.364 bits per heavy atom. The summed E-state index contributed by atoms with van der Waals surface area (Å²) in [5, 5.41) is 0. The van der Waals surface area contributed by atoms with Crippen molar-refractivity contribution in [1.82, 2.24) is 19.9 Å². The number of fused-ring (bicyclic) bond motifs is 4. The molecule has 0 saturated carbocycles. The molecule has 22 heavy (non-hydrogen) atoms. The molecule has 0 fully saturated rings. The molecule has 0 aliphatic carbocycles. The molecular weight excluding hydrogens is 272 g/mol. The van der Waals surface area contributed by atoms with Crippen LogP contribution in [0.15, 0.2) is 60.7 Å². The highest BCUT2D eigenvalue weighted by Crippen LogP contribution is 2.22. The van der Waals surface area contributed by atoms with Crippen LogP contribution >= 0.6 is 0 Å². The molecule has 5 rings (SSSR count). The quantitative estimate of drug-likeness (QED) is 0.404. The summed E-state index contributed by atoms with van der Waals surface area (Å²) in [4.78, 5) is 18.7. The molecule has 2 aromatic heterocycles. The van der Waals surface area contributed by atoms with E-state index in [9.17, 15) is 0 Å². The summed E-state index contributed by atoms with van der Waals surface area (Å²) in [6.45, 7) is 0. The molecule has 3 aromatic carbocycles. The van der Waals surface area contributed by atoms with E-state index in [0.717, 1.165) is 44.1 Å². The predicted molar refractivity (Wildman–Crippen MR) is 87.6 cm³/mol. The van der Waals surface area contributed by atoms with E-state index in [1.165, 1.54) is 0 Å². The van der Waals surface area contributed by atoms with Crippen LogP contribution in [0.2, 0.25) is 0 Å². The second kappa shape index (κ2) is 4.18. The number of hydrogen-bond acceptors (Lipinski definition) is 4. The number of hydrogen-bond donors (Lipinski definition) is 0. The molecule has 0 bridgehead atoms. The maximum Gasteiger partial charge on any atom is 0.0917 e. The highest BCUT2D eigenvalue weighted by atomic mass is 14.8. The Morgan fingerprint density at radius 2 is 0.636 bits per heavy atom. The predicted octanol–water partition coefficient (Wildman–Crippen LogP) is 3.88. The van der Waals surface area contributed by atoms with Crippen LogP contribution < -0.4 is 0 Å². The number of para-hydroxylation sites is 4. The van der Waals surface area contributed by atoms with Gasteiger partial charge in [-0.2, -0.15) is 0 Å². The molecule has 4 nitrogen and oxygen atoms in total. The van der Waals surface area contributed by atoms with Gasteiger partial charge in [-0.05, 0) is 36.4 Å². The van der Waals surface area contributed by atoms with Gasteiger partial charge < -0.3 is 0 Å². The number of rotatable bonds is 0. The third-order valence-corrected chi connectivity index (χ3v) is 3.80. The van der Waals surface area contributed by atoms with Crippen molar-refractivity contribution in [2.45, 2.75) is 0 Å². The molecule has 0 N–H and O–H groups in total. The molecular formula is C18H10N4. The fraction of sp³-hybridized carbons (Fsp3) is 0. The normalized spacial score (nSPS) is 11.6. The molecule has 0 saturated heterocycles. The van der Waals surface area contributed by atoms with Gasteiger partial charge in [0.2, 0.25) is 0 Å². The van der Waals surface area contributed by atoms with Gasteiger partial charge in [0, 0.05) is 0 Å². The van der Waals surface area contributed by atoms with Crippen LogP contribution in [0.4, 0.5) is 0 Å². The summed E-state index contributed by atoms with van der Waals surface area (Å²) in [6, 6.07) is 19.7. The van der Waals surface area contributed by atoms with Crippen LogP contribution in [0.1, 0.15) is 0 Å². The summed E-state index contributed by atoms with van der Waals surface area (Å²) in [5.74, 6) is 0. The molecule has 102 valence electrons. The Labute approximate surface area is 125 Å². The Bertz CT molecular complexity index is 997. The molecule has 0 radical (unpaired) electrons. The second-order valence-corrected chi connectivity index (χ2v) is 5.25. The van der Waals surface area contributed by atoms with Crippen LogP contribution in [0.3, 0.4) is 0 Å². The third-order valence-electron chi connectivity index (χ3n) is 3.80. The zero-order valence-corrected chi connectivity index (χ0v) is 11.6. The average molecular weight is 282 g/mol. The summed E-state index contributed by atoms with van der Waals surface area (Å²) < 4.78 is 0. The summed E-state index contributed by atoms with van der Waals surface area (Å²) in [7, 11) is 0. The van der Waals surface area contributed by atoms with E-state index in [-0.39, 0.29) is 0 Å². The van der Waals surface area contributed by atoms with E-state index >= 15 is 0 Å². The molecule has 0 atom stereocenters. The zero-order valence-electron chi connectivity index (χ0n) is 11.6. The summed E-state index contributed by atoms with van der Waals surface area (Å²) in [6.07, 6.45) is 0. The van der Waals surface area contributed by atoms with E-state index in [0.29, 0.717) is 0 Å². The first-order valence-corrected chi connectivity index (χ1v) is 7.10. The van der Waals surface area contributed by atoms with Crippen molar-refractivity contribution >= 4 is 44.1 Å². The topological polar surface area (TPSA) is 51.6 Å². The third kappa shape index (κ3) is 1.64. The summed E-state index contributed by atoms with van der Waals surface area (Å²) >= 11 is 0. The molecule has 0 unspecified atom stereocenters. The Balaban J connectivity index is 1.93. The minimum atomic E-state index is 0.843. The number of nitrogens with zero attached hydrogens (tertiary/aromatic N) is 4. The van der Waals surface area contributed by atoms with Gasteiger partial charge >= 0.3 is 0 Å². The van der Waals surface area contributed by atoms with Gasteiger partial charge in [0.25, 0.3) is 0 Å². The van der Waals surface area contributed by atoms with Crippen molar-refractivity contribution in [2.75, 3.05) is 0 Å². The van der Waals surface area contributed by atoms with Crippen LogP contribution in [0, 0.1) is 0 Å². The second-order valence-electron chi connectivity index (χ2n) is 5.25. The lowest BCUT2D eigenvalue weighted by Gasteiger charge is -2.04. The molecule has 5 aromatic rings. The van der Waals surface area contributed by atoms with Crippen molar-refractivity contribution in [1.29, 1.82) is 0 Å². The van der Waals surface area contributed by atoms with Crippen LogP contribution in [0.5, 0.6) is 0 Å². The number of benzene rings is 3. The van der Waals surface area contributed by atoms with Crippen molar-refractivity contribution in [3.63, 3.8) is 0 Å². The van der Waals surface area contributed by atoms with Crippen LogP contribution in [-0.4, -0.2) is 19.9 Å². The van der Waals surface area contributed by atoms with Gasteiger partial charge in [-0.1, -0.05) is 24.3 Å². The molecule has 0 aliphatic heterocycles. The van der Waals surface area contributed by atoms with Gasteiger partial charge in [0.1, 0.15) is 0 Å². The van der Waals surface area contributed by atoms with Gasteiger partial charge in [0.05, 0.1) is 44.1 Å². The van der Waals surface area contributed by atoms with E-state index < -0.39 is 0 Å². The zero-order chi connectivity index (χ0) is 14.5. The van der Waals surface area contributed by atoms with E-state index in [4.69, 9.17) is 0 Å². The molecule has 0 spiro atoms. The van der Waals surface area contributed by atoms with Crippen molar-refractivity contribution in [3.05, 3.63) is 60.7 Å². The first kappa shape index (κ1) is 11.5. The van der Waals surface area contributed by atoms with Crippen molar-refractivity contribution in [3.8, 4) is 0 Å². The fourth-order valence-electron chi connectivity index (χ4n) is 2.74. The lowest BCUT2D eigenvalue weighted by molar-refractivity contribution is 1.36. The van der Waals surface area contributed by atoms with Crippen molar-refractivity contribution < 1.29 is 0 Å². The molecule has 2 heterocycles. The standard InChI is InChI=1S/C18H10N4/c1-2-6-12-11(5-1)19-15-9-17-18(10-16(15)20-12)22-14-8-4-3-7-13(14)21-17/h1-10H. The van der Waals surface area contributed by atoms with E-state index in [1.807, 2.05) is 60.7 Å². The maximum atomic E-state index is 4.68. The molecule has 4 heteroatoms. The van der Waals surface area contributed by atoms with Crippen molar-refractivity contribution in [2.24, 2.45) is 0 Å². The highest BCUT2D eigenvalue weighted by molar-refractivity contribution is 5.96. The monoisotopic (exact) mass is 282 g/mol. The first-order valence-electron chi connectivity index (χ1n) is 7.10. The fourth-order valence-corrected chi connectivity index (χ4v) is 2.74. The number of aromatic nitrogens is 4. The maximum absolute atomic E-state index is 4.68. The lowest BCUT2D eigenvalue weighted by Crippen LogP contribution is -1.91. The smallest absolute Gasteiger partial charge is 0.0917 e. The van der Waals surface area contributed by atoms with Gasteiger partial charge in [0.15, 0.2) is 0 Å². The Morgan fingerprint density at radius 3 is 0.909 bits per heavy atom. The minimum Gasteiger partial charge on any atom is -0.244 e. The van der Waals surface area contributed by atoms with E-state index in [2.05, 4.69) is 19.9 Å². The SMILES string of the molecule is c1ccc2nc3cc4nc5ccccc5nc4cc3nc2c1. The van der Waals surface area contributed by atoms with Crippen LogP contribution in [-0.2, 0) is 0 Å². The molecule has 0 amide bonds. The van der Waals surface area contributed by atoms with Gasteiger partial charge in [-0.15, -0.1) is 0 Å². The summed E-state index contributed by atoms with van der Waals surface area (Å²) in [5.41, 5.74) is 6.94. The van der Waals surface area contributed by atoms with E-state index in [1.54, 1.807) is 0 Å². The average Bonchev–Trinajstić information content (AvgIpc) is 2.56. The lowest BCUT2D eigenvalue weighted by atomic mass is 10.2.